The van der Waals surface area contributed by atoms with E-state index in [0.717, 1.165) is 10.7 Å². The van der Waals surface area contributed by atoms with E-state index >= 15 is 0 Å². The number of nitrogens with zero attached hydrogens (tertiary/aromatic N) is 3. The molecule has 0 spiro atoms. The van der Waals surface area contributed by atoms with Crippen molar-refractivity contribution in [3.8, 4) is 0 Å². The molecule has 2 aromatic rings. The maximum Gasteiger partial charge on any atom is 0.203 e. The second-order valence-electron chi connectivity index (χ2n) is 3.37. The van der Waals surface area contributed by atoms with Gasteiger partial charge in [-0.1, -0.05) is 11.3 Å². The van der Waals surface area contributed by atoms with Crippen LogP contribution in [0.25, 0.3) is 0 Å². The molecule has 16 heavy (non-hydrogen) atoms. The van der Waals surface area contributed by atoms with Crippen molar-refractivity contribution in [2.75, 3.05) is 17.7 Å². The number of nitrogens with two attached hydrogens (primary N) is 1. The number of halogens is 1. The van der Waals surface area contributed by atoms with Crippen LogP contribution in [0.3, 0.4) is 0 Å². The lowest BCUT2D eigenvalue weighted by Crippen LogP contribution is -2.16. The van der Waals surface area contributed by atoms with E-state index in [1.165, 1.54) is 23.5 Å². The molecule has 84 valence electrons. The van der Waals surface area contributed by atoms with E-state index in [2.05, 4.69) is 10.2 Å². The number of hydrogen-bond donors (Lipinski definition) is 1. The minimum atomic E-state index is -0.239. The molecule has 0 radical (unpaired) electrons. The first-order valence-electron chi connectivity index (χ1n) is 4.70. The molecule has 0 saturated heterocycles. The SMILES string of the molecule is CN(Cc1nnc(N)s1)c1ccc(F)cc1. The van der Waals surface area contributed by atoms with E-state index in [-0.39, 0.29) is 5.82 Å². The fourth-order valence-electron chi connectivity index (χ4n) is 1.32. The Balaban J connectivity index is 2.08. The summed E-state index contributed by atoms with van der Waals surface area (Å²) in [5.41, 5.74) is 6.42. The van der Waals surface area contributed by atoms with Crippen molar-refractivity contribution in [3.05, 3.63) is 35.1 Å². The molecule has 1 heterocycles. The van der Waals surface area contributed by atoms with Gasteiger partial charge < -0.3 is 10.6 Å². The van der Waals surface area contributed by atoms with Crippen molar-refractivity contribution in [3.63, 3.8) is 0 Å². The predicted molar refractivity (Wildman–Crippen MR) is 62.8 cm³/mol. The number of benzene rings is 1. The minimum Gasteiger partial charge on any atom is -0.374 e. The zero-order valence-electron chi connectivity index (χ0n) is 8.72. The lowest BCUT2D eigenvalue weighted by Gasteiger charge is -2.17. The second kappa shape index (κ2) is 4.44. The fourth-order valence-corrected chi connectivity index (χ4v) is 1.98. The minimum absolute atomic E-state index is 0.239. The third-order valence-electron chi connectivity index (χ3n) is 2.12. The van der Waals surface area contributed by atoms with Gasteiger partial charge >= 0.3 is 0 Å². The standard InChI is InChI=1S/C10H11FN4S/c1-15(6-9-13-14-10(12)16-9)8-4-2-7(11)3-5-8/h2-5H,6H2,1H3,(H2,12,14). The Morgan fingerprint density at radius 1 is 1.31 bits per heavy atom. The quantitative estimate of drug-likeness (QED) is 0.887. The largest absolute Gasteiger partial charge is 0.374 e. The number of aromatic nitrogens is 2. The first-order chi connectivity index (χ1) is 7.65. The Labute approximate surface area is 96.5 Å². The Morgan fingerprint density at radius 3 is 2.56 bits per heavy atom. The molecule has 0 aliphatic carbocycles. The number of hydrogen-bond acceptors (Lipinski definition) is 5. The predicted octanol–water partition coefficient (Wildman–Crippen LogP) is 1.90. The van der Waals surface area contributed by atoms with Gasteiger partial charge in [-0.3, -0.25) is 0 Å². The average molecular weight is 238 g/mol. The van der Waals surface area contributed by atoms with E-state index in [0.29, 0.717) is 11.7 Å². The highest BCUT2D eigenvalue weighted by Gasteiger charge is 2.06. The lowest BCUT2D eigenvalue weighted by atomic mass is 10.3. The molecular formula is C10H11FN4S. The summed E-state index contributed by atoms with van der Waals surface area (Å²) in [7, 11) is 1.91. The van der Waals surface area contributed by atoms with E-state index < -0.39 is 0 Å². The lowest BCUT2D eigenvalue weighted by molar-refractivity contribution is 0.627. The average Bonchev–Trinajstić information content (AvgIpc) is 2.65. The van der Waals surface area contributed by atoms with Crippen molar-refractivity contribution in [1.82, 2.24) is 10.2 Å². The van der Waals surface area contributed by atoms with Gasteiger partial charge in [0.25, 0.3) is 0 Å². The topological polar surface area (TPSA) is 55.0 Å². The van der Waals surface area contributed by atoms with Gasteiger partial charge in [-0.2, -0.15) is 0 Å². The number of anilines is 2. The molecule has 6 heteroatoms. The summed E-state index contributed by atoms with van der Waals surface area (Å²) in [5, 5.41) is 8.96. The van der Waals surface area contributed by atoms with Gasteiger partial charge in [0.15, 0.2) is 0 Å². The summed E-state index contributed by atoms with van der Waals surface area (Å²) < 4.78 is 12.7. The van der Waals surface area contributed by atoms with Crippen molar-refractivity contribution >= 4 is 22.2 Å². The van der Waals surface area contributed by atoms with Crippen LogP contribution in [0.5, 0.6) is 0 Å². The number of nitrogen functional groups attached to an aromatic ring is 1. The van der Waals surface area contributed by atoms with Crippen LogP contribution in [0.4, 0.5) is 15.2 Å². The summed E-state index contributed by atoms with van der Waals surface area (Å²) in [4.78, 5) is 1.96. The zero-order valence-corrected chi connectivity index (χ0v) is 9.54. The molecule has 0 unspecified atom stereocenters. The van der Waals surface area contributed by atoms with Crippen molar-refractivity contribution in [2.45, 2.75) is 6.54 Å². The molecule has 1 aromatic heterocycles. The molecule has 0 amide bonds. The van der Waals surface area contributed by atoms with E-state index in [1.807, 2.05) is 11.9 Å². The highest BCUT2D eigenvalue weighted by Crippen LogP contribution is 2.18. The summed E-state index contributed by atoms with van der Waals surface area (Å²) in [5.74, 6) is -0.239. The molecule has 0 saturated carbocycles. The van der Waals surface area contributed by atoms with Gasteiger partial charge in [-0.05, 0) is 24.3 Å². The smallest absolute Gasteiger partial charge is 0.203 e. The molecule has 0 bridgehead atoms. The van der Waals surface area contributed by atoms with Crippen LogP contribution >= 0.6 is 11.3 Å². The van der Waals surface area contributed by atoms with Crippen LogP contribution in [0.1, 0.15) is 5.01 Å². The molecule has 0 aliphatic heterocycles. The maximum absolute atomic E-state index is 12.7. The first-order valence-corrected chi connectivity index (χ1v) is 5.51. The molecule has 4 nitrogen and oxygen atoms in total. The van der Waals surface area contributed by atoms with Gasteiger partial charge in [0.2, 0.25) is 5.13 Å². The van der Waals surface area contributed by atoms with Crippen LogP contribution in [0, 0.1) is 5.82 Å². The molecule has 0 fully saturated rings. The third-order valence-corrected chi connectivity index (χ3v) is 2.86. The van der Waals surface area contributed by atoms with Crippen LogP contribution in [-0.2, 0) is 6.54 Å². The van der Waals surface area contributed by atoms with Gasteiger partial charge in [0.1, 0.15) is 10.8 Å². The van der Waals surface area contributed by atoms with Crippen LogP contribution < -0.4 is 10.6 Å². The highest BCUT2D eigenvalue weighted by atomic mass is 32.1. The molecule has 0 aliphatic rings. The van der Waals surface area contributed by atoms with Gasteiger partial charge in [0, 0.05) is 12.7 Å². The van der Waals surface area contributed by atoms with Crippen molar-refractivity contribution < 1.29 is 4.39 Å². The Morgan fingerprint density at radius 2 is 2.00 bits per heavy atom. The van der Waals surface area contributed by atoms with Crippen LogP contribution in [0.15, 0.2) is 24.3 Å². The molecule has 2 N–H and O–H groups in total. The molecule has 2 rings (SSSR count). The zero-order chi connectivity index (χ0) is 11.5. The Bertz CT molecular complexity index is 468. The summed E-state index contributed by atoms with van der Waals surface area (Å²) >= 11 is 1.35. The number of rotatable bonds is 3. The fraction of sp³-hybridized carbons (Fsp3) is 0.200. The highest BCUT2D eigenvalue weighted by molar-refractivity contribution is 7.15. The van der Waals surface area contributed by atoms with Gasteiger partial charge in [-0.15, -0.1) is 10.2 Å². The Hall–Kier alpha value is -1.69. The maximum atomic E-state index is 12.7. The molecule has 1 aromatic carbocycles. The van der Waals surface area contributed by atoms with E-state index in [9.17, 15) is 4.39 Å². The van der Waals surface area contributed by atoms with Crippen LogP contribution in [-0.4, -0.2) is 17.2 Å². The first kappa shape index (κ1) is 10.8. The van der Waals surface area contributed by atoms with E-state index in [1.54, 1.807) is 12.1 Å². The molecule has 0 atom stereocenters. The van der Waals surface area contributed by atoms with Crippen molar-refractivity contribution in [2.24, 2.45) is 0 Å². The summed E-state index contributed by atoms with van der Waals surface area (Å²) in [6.45, 7) is 0.612. The van der Waals surface area contributed by atoms with Gasteiger partial charge in [0.05, 0.1) is 6.54 Å². The van der Waals surface area contributed by atoms with Crippen molar-refractivity contribution in [1.29, 1.82) is 0 Å². The summed E-state index contributed by atoms with van der Waals surface area (Å²) in [6.07, 6.45) is 0. The Kier molecular flexibility index (Phi) is 3.00. The van der Waals surface area contributed by atoms with Crippen LogP contribution in [0.2, 0.25) is 0 Å². The normalized spacial score (nSPS) is 10.4. The van der Waals surface area contributed by atoms with E-state index in [4.69, 9.17) is 5.73 Å². The summed E-state index contributed by atoms with van der Waals surface area (Å²) in [6, 6.07) is 6.31. The molecular weight excluding hydrogens is 227 g/mol. The monoisotopic (exact) mass is 238 g/mol. The second-order valence-corrected chi connectivity index (χ2v) is 4.46. The third kappa shape index (κ3) is 2.46. The van der Waals surface area contributed by atoms with Gasteiger partial charge in [-0.25, -0.2) is 4.39 Å².